The Morgan fingerprint density at radius 3 is 2.92 bits per heavy atom. The first-order valence-electron chi connectivity index (χ1n) is 8.86. The smallest absolute Gasteiger partial charge is 0.259 e. The summed E-state index contributed by atoms with van der Waals surface area (Å²) < 4.78 is 0. The molecule has 1 heterocycles. The van der Waals surface area contributed by atoms with Gasteiger partial charge in [0.15, 0.2) is 0 Å². The number of carbonyl (C=O) groups excluding carboxylic acids is 1. The molecular weight excluding hydrogens is 328 g/mol. The number of aromatic nitrogens is 1. The van der Waals surface area contributed by atoms with Crippen molar-refractivity contribution in [2.45, 2.75) is 31.8 Å². The highest BCUT2D eigenvalue weighted by molar-refractivity contribution is 6.07. The molecule has 2 aromatic rings. The maximum atomic E-state index is 12.6. The van der Waals surface area contributed by atoms with E-state index in [4.69, 9.17) is 5.26 Å². The van der Waals surface area contributed by atoms with Gasteiger partial charge in [0.2, 0.25) is 0 Å². The minimum atomic E-state index is -0.300. The number of hydrogen-bond donors (Lipinski definition) is 3. The summed E-state index contributed by atoms with van der Waals surface area (Å²) in [7, 11) is 0. The van der Waals surface area contributed by atoms with Crippen LogP contribution in [0, 0.1) is 17.2 Å². The quantitative estimate of drug-likeness (QED) is 0.769. The molecule has 1 aromatic carbocycles. The average molecular weight is 350 g/mol. The summed E-state index contributed by atoms with van der Waals surface area (Å²) >= 11 is 0. The predicted octanol–water partition coefficient (Wildman–Crippen LogP) is 3.17. The van der Waals surface area contributed by atoms with Crippen LogP contribution in [0.25, 0.3) is 0 Å². The van der Waals surface area contributed by atoms with Crippen LogP contribution in [-0.2, 0) is 0 Å². The van der Waals surface area contributed by atoms with E-state index in [0.717, 1.165) is 25.7 Å². The molecule has 2 atom stereocenters. The maximum Gasteiger partial charge on any atom is 0.259 e. The normalized spacial score (nSPS) is 19.4. The summed E-state index contributed by atoms with van der Waals surface area (Å²) in [6.45, 7) is 0.586. The molecule has 1 aliphatic carbocycles. The van der Waals surface area contributed by atoms with Gasteiger partial charge in [-0.3, -0.25) is 4.79 Å². The van der Waals surface area contributed by atoms with E-state index < -0.39 is 0 Å². The lowest BCUT2D eigenvalue weighted by atomic mass is 9.86. The minimum Gasteiger partial charge on any atom is -0.393 e. The van der Waals surface area contributed by atoms with E-state index in [1.807, 2.05) is 0 Å². The van der Waals surface area contributed by atoms with Gasteiger partial charge >= 0.3 is 0 Å². The molecule has 0 bridgehead atoms. The third kappa shape index (κ3) is 4.38. The minimum absolute atomic E-state index is 0.175. The fourth-order valence-corrected chi connectivity index (χ4v) is 3.25. The molecule has 2 unspecified atom stereocenters. The lowest BCUT2D eigenvalue weighted by Crippen LogP contribution is -2.31. The number of pyridine rings is 1. The molecule has 3 rings (SSSR count). The third-order valence-electron chi connectivity index (χ3n) is 4.70. The van der Waals surface area contributed by atoms with Gasteiger partial charge in [0.25, 0.3) is 5.91 Å². The molecular formula is C20H22N4O2. The van der Waals surface area contributed by atoms with E-state index in [9.17, 15) is 9.90 Å². The molecule has 1 amide bonds. The molecule has 1 aromatic heterocycles. The highest BCUT2D eigenvalue weighted by Gasteiger charge is 2.23. The molecule has 0 spiro atoms. The molecule has 6 nitrogen and oxygen atoms in total. The number of rotatable bonds is 5. The number of nitrogens with one attached hydrogen (secondary N) is 2. The SMILES string of the molecule is N#Cc1cccc(NC(=O)c2cccnc2NCC2CCCCC2O)c1. The molecule has 1 aliphatic rings. The van der Waals surface area contributed by atoms with Crippen molar-refractivity contribution >= 4 is 17.4 Å². The lowest BCUT2D eigenvalue weighted by Gasteiger charge is -2.28. The van der Waals surface area contributed by atoms with Crippen molar-refractivity contribution in [1.82, 2.24) is 4.98 Å². The van der Waals surface area contributed by atoms with Crippen molar-refractivity contribution in [3.63, 3.8) is 0 Å². The molecule has 134 valence electrons. The van der Waals surface area contributed by atoms with Gasteiger partial charge in [-0.15, -0.1) is 0 Å². The highest BCUT2D eigenvalue weighted by Crippen LogP contribution is 2.25. The van der Waals surface area contributed by atoms with Crippen molar-refractivity contribution in [1.29, 1.82) is 5.26 Å². The summed E-state index contributed by atoms with van der Waals surface area (Å²) in [5.41, 5.74) is 1.48. The van der Waals surface area contributed by atoms with Gasteiger partial charge < -0.3 is 15.7 Å². The number of carbonyl (C=O) groups is 1. The molecule has 6 heteroatoms. The Morgan fingerprint density at radius 2 is 2.12 bits per heavy atom. The van der Waals surface area contributed by atoms with E-state index in [-0.39, 0.29) is 17.9 Å². The number of aliphatic hydroxyl groups is 1. The summed E-state index contributed by atoms with van der Waals surface area (Å²) in [4.78, 5) is 16.9. The molecule has 0 aliphatic heterocycles. The van der Waals surface area contributed by atoms with Crippen LogP contribution >= 0.6 is 0 Å². The van der Waals surface area contributed by atoms with E-state index in [2.05, 4.69) is 21.7 Å². The molecule has 0 saturated heterocycles. The Balaban J connectivity index is 1.69. The number of aliphatic hydroxyl groups excluding tert-OH is 1. The summed E-state index contributed by atoms with van der Waals surface area (Å²) in [5, 5.41) is 25.1. The van der Waals surface area contributed by atoms with Crippen LogP contribution < -0.4 is 10.6 Å². The Hall–Kier alpha value is -2.91. The summed E-state index contributed by atoms with van der Waals surface area (Å²) in [6, 6.07) is 12.2. The van der Waals surface area contributed by atoms with Crippen LogP contribution in [0.2, 0.25) is 0 Å². The molecule has 0 radical (unpaired) electrons. The van der Waals surface area contributed by atoms with E-state index >= 15 is 0 Å². The van der Waals surface area contributed by atoms with Gasteiger partial charge in [-0.05, 0) is 43.2 Å². The zero-order chi connectivity index (χ0) is 18.4. The first-order chi connectivity index (χ1) is 12.7. The van der Waals surface area contributed by atoms with Gasteiger partial charge in [-0.2, -0.15) is 5.26 Å². The second-order valence-electron chi connectivity index (χ2n) is 6.54. The monoisotopic (exact) mass is 350 g/mol. The highest BCUT2D eigenvalue weighted by atomic mass is 16.3. The Kier molecular flexibility index (Phi) is 5.82. The second kappa shape index (κ2) is 8.45. The van der Waals surface area contributed by atoms with Crippen LogP contribution in [0.1, 0.15) is 41.6 Å². The van der Waals surface area contributed by atoms with Crippen LogP contribution in [0.15, 0.2) is 42.6 Å². The molecule has 1 fully saturated rings. The molecule has 26 heavy (non-hydrogen) atoms. The molecule has 1 saturated carbocycles. The van der Waals surface area contributed by atoms with Crippen LogP contribution in [0.3, 0.4) is 0 Å². The Bertz CT molecular complexity index is 815. The van der Waals surface area contributed by atoms with Crippen LogP contribution in [0.4, 0.5) is 11.5 Å². The average Bonchev–Trinajstić information content (AvgIpc) is 2.67. The third-order valence-corrected chi connectivity index (χ3v) is 4.70. The first-order valence-corrected chi connectivity index (χ1v) is 8.86. The van der Waals surface area contributed by atoms with E-state index in [0.29, 0.717) is 29.2 Å². The second-order valence-corrected chi connectivity index (χ2v) is 6.54. The standard InChI is InChI=1S/C20H22N4O2/c21-12-14-5-3-7-16(11-14)24-20(26)17-8-4-10-22-19(17)23-13-15-6-1-2-9-18(15)25/h3-5,7-8,10-11,15,18,25H,1-2,6,9,13H2,(H,22,23)(H,24,26). The van der Waals surface area contributed by atoms with Crippen LogP contribution in [-0.4, -0.2) is 28.6 Å². The Morgan fingerprint density at radius 1 is 1.27 bits per heavy atom. The van der Waals surface area contributed by atoms with Crippen LogP contribution in [0.5, 0.6) is 0 Å². The first kappa shape index (κ1) is 17.9. The Labute approximate surface area is 152 Å². The number of amides is 1. The largest absolute Gasteiger partial charge is 0.393 e. The lowest BCUT2D eigenvalue weighted by molar-refractivity contribution is 0.0763. The number of hydrogen-bond acceptors (Lipinski definition) is 5. The van der Waals surface area contributed by atoms with Crippen molar-refractivity contribution < 1.29 is 9.90 Å². The maximum absolute atomic E-state index is 12.6. The number of benzene rings is 1. The fourth-order valence-electron chi connectivity index (χ4n) is 3.25. The topological polar surface area (TPSA) is 98.0 Å². The van der Waals surface area contributed by atoms with Gasteiger partial charge in [0.05, 0.1) is 23.3 Å². The zero-order valence-electron chi connectivity index (χ0n) is 14.5. The summed E-state index contributed by atoms with van der Waals surface area (Å²) in [6.07, 6.45) is 5.32. The fraction of sp³-hybridized carbons (Fsp3) is 0.350. The molecule has 3 N–H and O–H groups in total. The predicted molar refractivity (Wildman–Crippen MR) is 99.8 cm³/mol. The summed E-state index contributed by atoms with van der Waals surface area (Å²) in [5.74, 6) is 0.382. The van der Waals surface area contributed by atoms with E-state index in [1.165, 1.54) is 0 Å². The number of nitriles is 1. The van der Waals surface area contributed by atoms with Crippen molar-refractivity contribution in [3.05, 3.63) is 53.7 Å². The van der Waals surface area contributed by atoms with Gasteiger partial charge in [0.1, 0.15) is 5.82 Å². The number of anilines is 2. The van der Waals surface area contributed by atoms with Gasteiger partial charge in [-0.1, -0.05) is 18.9 Å². The van der Waals surface area contributed by atoms with Crippen molar-refractivity contribution in [3.8, 4) is 6.07 Å². The van der Waals surface area contributed by atoms with Crippen molar-refractivity contribution in [2.24, 2.45) is 5.92 Å². The zero-order valence-corrected chi connectivity index (χ0v) is 14.5. The van der Waals surface area contributed by atoms with Gasteiger partial charge in [0, 0.05) is 24.3 Å². The number of nitrogens with zero attached hydrogens (tertiary/aromatic N) is 2. The van der Waals surface area contributed by atoms with Gasteiger partial charge in [-0.25, -0.2) is 4.98 Å². The van der Waals surface area contributed by atoms with E-state index in [1.54, 1.807) is 42.6 Å². The van der Waals surface area contributed by atoms with Crippen molar-refractivity contribution in [2.75, 3.05) is 17.2 Å².